The lowest BCUT2D eigenvalue weighted by atomic mass is 10.1. The van der Waals surface area contributed by atoms with Gasteiger partial charge in [-0.15, -0.1) is 12.4 Å². The minimum atomic E-state index is -0.0331. The monoisotopic (exact) mass is 235 g/mol. The normalized spacial score (nSPS) is 12.9. The van der Waals surface area contributed by atoms with Crippen molar-refractivity contribution in [3.8, 4) is 5.69 Å². The Kier molecular flexibility index (Phi) is 2.66. The SMILES string of the molecule is Cl.O=C1NCc2cncn2-c2ccccc21. The van der Waals surface area contributed by atoms with E-state index >= 15 is 0 Å². The molecular formula is C11H10ClN3O. The minimum Gasteiger partial charge on any atom is -0.346 e. The predicted molar refractivity (Wildman–Crippen MR) is 62.0 cm³/mol. The molecule has 1 amide bonds. The summed E-state index contributed by atoms with van der Waals surface area (Å²) < 4.78 is 1.94. The highest BCUT2D eigenvalue weighted by atomic mass is 35.5. The summed E-state index contributed by atoms with van der Waals surface area (Å²) in [6.07, 6.45) is 3.50. The van der Waals surface area contributed by atoms with Crippen LogP contribution in [-0.2, 0) is 6.54 Å². The first-order valence-corrected chi connectivity index (χ1v) is 4.75. The third-order valence-corrected chi connectivity index (χ3v) is 2.55. The smallest absolute Gasteiger partial charge is 0.253 e. The predicted octanol–water partition coefficient (Wildman–Crippen LogP) is 1.54. The number of halogens is 1. The second kappa shape index (κ2) is 3.98. The summed E-state index contributed by atoms with van der Waals surface area (Å²) in [5.74, 6) is -0.0331. The Morgan fingerprint density at radius 3 is 3.00 bits per heavy atom. The van der Waals surface area contributed by atoms with E-state index in [1.54, 1.807) is 12.5 Å². The third kappa shape index (κ3) is 1.47. The number of fused-ring (bicyclic) bond motifs is 3. The van der Waals surface area contributed by atoms with Crippen LogP contribution in [0.1, 0.15) is 16.1 Å². The molecule has 82 valence electrons. The van der Waals surface area contributed by atoms with E-state index in [1.165, 1.54) is 0 Å². The highest BCUT2D eigenvalue weighted by molar-refractivity contribution is 5.98. The van der Waals surface area contributed by atoms with Gasteiger partial charge in [-0.1, -0.05) is 12.1 Å². The molecule has 1 aromatic carbocycles. The zero-order chi connectivity index (χ0) is 10.3. The topological polar surface area (TPSA) is 46.9 Å². The van der Waals surface area contributed by atoms with Gasteiger partial charge in [0, 0.05) is 0 Å². The number of aromatic nitrogens is 2. The fourth-order valence-electron chi connectivity index (χ4n) is 1.81. The molecule has 0 unspecified atom stereocenters. The molecule has 2 heterocycles. The Hall–Kier alpha value is -1.81. The summed E-state index contributed by atoms with van der Waals surface area (Å²) in [6.45, 7) is 0.521. The summed E-state index contributed by atoms with van der Waals surface area (Å²) >= 11 is 0. The molecule has 4 nitrogen and oxygen atoms in total. The number of amides is 1. The van der Waals surface area contributed by atoms with Gasteiger partial charge < -0.3 is 9.88 Å². The molecule has 0 spiro atoms. The number of hydrogen-bond acceptors (Lipinski definition) is 2. The maximum Gasteiger partial charge on any atom is 0.253 e. The van der Waals surface area contributed by atoms with Crippen LogP contribution in [0, 0.1) is 0 Å². The fourth-order valence-corrected chi connectivity index (χ4v) is 1.81. The van der Waals surface area contributed by atoms with E-state index in [2.05, 4.69) is 10.3 Å². The van der Waals surface area contributed by atoms with E-state index < -0.39 is 0 Å². The quantitative estimate of drug-likeness (QED) is 0.753. The van der Waals surface area contributed by atoms with Gasteiger partial charge in [0.2, 0.25) is 0 Å². The van der Waals surface area contributed by atoms with Crippen molar-refractivity contribution < 1.29 is 4.79 Å². The Morgan fingerprint density at radius 1 is 1.31 bits per heavy atom. The van der Waals surface area contributed by atoms with Crippen LogP contribution in [0.5, 0.6) is 0 Å². The van der Waals surface area contributed by atoms with Gasteiger partial charge in [-0.2, -0.15) is 0 Å². The van der Waals surface area contributed by atoms with Gasteiger partial charge >= 0.3 is 0 Å². The lowest BCUT2D eigenvalue weighted by Gasteiger charge is -2.05. The minimum absolute atomic E-state index is 0. The van der Waals surface area contributed by atoms with Crippen molar-refractivity contribution in [1.82, 2.24) is 14.9 Å². The van der Waals surface area contributed by atoms with E-state index in [4.69, 9.17) is 0 Å². The van der Waals surface area contributed by atoms with Crippen molar-refractivity contribution in [2.24, 2.45) is 0 Å². The maximum atomic E-state index is 11.7. The lowest BCUT2D eigenvalue weighted by Crippen LogP contribution is -2.21. The Labute approximate surface area is 98.7 Å². The first kappa shape index (κ1) is 10.7. The molecule has 0 saturated carbocycles. The second-order valence-corrected chi connectivity index (χ2v) is 3.45. The van der Waals surface area contributed by atoms with E-state index in [0.29, 0.717) is 12.1 Å². The molecule has 5 heteroatoms. The molecule has 0 radical (unpaired) electrons. The van der Waals surface area contributed by atoms with Gasteiger partial charge in [-0.3, -0.25) is 4.79 Å². The van der Waals surface area contributed by atoms with Crippen LogP contribution < -0.4 is 5.32 Å². The van der Waals surface area contributed by atoms with E-state index in [0.717, 1.165) is 11.4 Å². The summed E-state index contributed by atoms with van der Waals surface area (Å²) in [5, 5.41) is 2.84. The molecule has 0 aliphatic carbocycles. The number of para-hydroxylation sites is 1. The molecule has 1 aromatic heterocycles. The summed E-state index contributed by atoms with van der Waals surface area (Å²) in [7, 11) is 0. The molecule has 3 rings (SSSR count). The summed E-state index contributed by atoms with van der Waals surface area (Å²) in [5.41, 5.74) is 2.57. The van der Waals surface area contributed by atoms with Crippen LogP contribution in [0.15, 0.2) is 36.8 Å². The van der Waals surface area contributed by atoms with Gasteiger partial charge in [0.25, 0.3) is 5.91 Å². The highest BCUT2D eigenvalue weighted by Crippen LogP contribution is 2.19. The first-order chi connectivity index (χ1) is 7.36. The van der Waals surface area contributed by atoms with Gasteiger partial charge in [0.15, 0.2) is 0 Å². The molecule has 0 fully saturated rings. The van der Waals surface area contributed by atoms with Crippen LogP contribution in [0.3, 0.4) is 0 Å². The number of nitrogens with zero attached hydrogens (tertiary/aromatic N) is 2. The van der Waals surface area contributed by atoms with Gasteiger partial charge in [-0.25, -0.2) is 4.98 Å². The van der Waals surface area contributed by atoms with Crippen LogP contribution in [0.25, 0.3) is 5.69 Å². The number of nitrogens with one attached hydrogen (secondary N) is 1. The Bertz CT molecular complexity index is 536. The van der Waals surface area contributed by atoms with E-state index in [9.17, 15) is 4.79 Å². The summed E-state index contributed by atoms with van der Waals surface area (Å²) in [6, 6.07) is 7.52. The number of rotatable bonds is 0. The van der Waals surface area contributed by atoms with E-state index in [1.807, 2.05) is 28.8 Å². The molecule has 1 aliphatic rings. The molecule has 2 aromatic rings. The van der Waals surface area contributed by atoms with Crippen molar-refractivity contribution in [1.29, 1.82) is 0 Å². The molecule has 0 atom stereocenters. The Balaban J connectivity index is 0.000000963. The van der Waals surface area contributed by atoms with Crippen molar-refractivity contribution in [2.45, 2.75) is 6.54 Å². The Morgan fingerprint density at radius 2 is 2.12 bits per heavy atom. The number of carbonyl (C=O) groups excluding carboxylic acids is 1. The summed E-state index contributed by atoms with van der Waals surface area (Å²) in [4.78, 5) is 15.8. The van der Waals surface area contributed by atoms with Crippen molar-refractivity contribution in [2.75, 3.05) is 0 Å². The molecule has 1 N–H and O–H groups in total. The lowest BCUT2D eigenvalue weighted by molar-refractivity contribution is 0.0953. The number of imidazole rings is 1. The van der Waals surface area contributed by atoms with E-state index in [-0.39, 0.29) is 18.3 Å². The average Bonchev–Trinajstić information content (AvgIpc) is 2.69. The van der Waals surface area contributed by atoms with Crippen LogP contribution >= 0.6 is 12.4 Å². The maximum absolute atomic E-state index is 11.7. The molecule has 0 bridgehead atoms. The molecule has 1 aliphatic heterocycles. The van der Waals surface area contributed by atoms with Crippen molar-refractivity contribution >= 4 is 18.3 Å². The zero-order valence-corrected chi connectivity index (χ0v) is 9.20. The standard InChI is InChI=1S/C11H9N3O.ClH/c15-11-9-3-1-2-4-10(9)14-7-12-5-8(14)6-13-11;/h1-5,7H,6H2,(H,13,15);1H. The number of benzene rings is 1. The third-order valence-electron chi connectivity index (χ3n) is 2.55. The zero-order valence-electron chi connectivity index (χ0n) is 8.38. The van der Waals surface area contributed by atoms with Crippen molar-refractivity contribution in [3.05, 3.63) is 48.0 Å². The number of hydrogen-bond donors (Lipinski definition) is 1. The molecule has 0 saturated heterocycles. The van der Waals surface area contributed by atoms with Crippen LogP contribution in [0.4, 0.5) is 0 Å². The fraction of sp³-hybridized carbons (Fsp3) is 0.0909. The number of carbonyl (C=O) groups is 1. The molecular weight excluding hydrogens is 226 g/mol. The first-order valence-electron chi connectivity index (χ1n) is 4.75. The molecule has 16 heavy (non-hydrogen) atoms. The van der Waals surface area contributed by atoms with Gasteiger partial charge in [0.1, 0.15) is 0 Å². The largest absolute Gasteiger partial charge is 0.346 e. The van der Waals surface area contributed by atoms with Crippen LogP contribution in [-0.4, -0.2) is 15.5 Å². The highest BCUT2D eigenvalue weighted by Gasteiger charge is 2.18. The van der Waals surface area contributed by atoms with Gasteiger partial charge in [0.05, 0.1) is 36.0 Å². The van der Waals surface area contributed by atoms with Crippen molar-refractivity contribution in [3.63, 3.8) is 0 Å². The average molecular weight is 236 g/mol. The van der Waals surface area contributed by atoms with Crippen LogP contribution in [0.2, 0.25) is 0 Å². The second-order valence-electron chi connectivity index (χ2n) is 3.45. The van der Waals surface area contributed by atoms with Gasteiger partial charge in [-0.05, 0) is 12.1 Å².